The highest BCUT2D eigenvalue weighted by Gasteiger charge is 2.43. The van der Waals surface area contributed by atoms with Gasteiger partial charge >= 0.3 is 51.6 Å². The molecule has 2 aliphatic heterocycles. The van der Waals surface area contributed by atoms with Crippen LogP contribution in [0.4, 0.5) is 61.5 Å². The molecule has 4 heterocycles. The zero-order valence-electron chi connectivity index (χ0n) is 55.2. The molecule has 0 spiro atoms. The first-order valence-corrected chi connectivity index (χ1v) is 34.0. The van der Waals surface area contributed by atoms with Crippen molar-refractivity contribution in [2.45, 2.75) is 120 Å². The summed E-state index contributed by atoms with van der Waals surface area (Å²) >= 11 is 0. The van der Waals surface area contributed by atoms with Crippen LogP contribution >= 0.6 is 15.5 Å². The Hall–Kier alpha value is -7.18. The van der Waals surface area contributed by atoms with Gasteiger partial charge in [-0.1, -0.05) is 54.6 Å². The third kappa shape index (κ3) is 22.2. The van der Waals surface area contributed by atoms with Gasteiger partial charge in [-0.3, -0.25) is 33.3 Å². The summed E-state index contributed by atoms with van der Waals surface area (Å²) in [6, 6.07) is 18.9. The highest BCUT2D eigenvalue weighted by molar-refractivity contribution is 7.52. The fourth-order valence-corrected chi connectivity index (χ4v) is 12.4. The molecule has 11 atom stereocenters. The van der Waals surface area contributed by atoms with Crippen molar-refractivity contribution in [2.24, 2.45) is 0 Å². The third-order valence-electron chi connectivity index (χ3n) is 15.9. The average molecular weight is 1540 g/mol. The summed E-state index contributed by atoms with van der Waals surface area (Å²) in [5.41, 5.74) is -7.46. The van der Waals surface area contributed by atoms with Crippen LogP contribution in [0.2, 0.25) is 0 Å². The Morgan fingerprint density at radius 2 is 0.962 bits per heavy atom. The number of rotatable bonds is 25. The minimum absolute atomic E-state index is 0.00725. The Labute approximate surface area is 581 Å². The smallest absolute Gasteiger partial charge is 0.394 e. The highest BCUT2D eigenvalue weighted by Crippen LogP contribution is 2.47. The molecule has 0 saturated carbocycles. The number of likely N-dealkylation sites (N-methyl/N-ethyl adjacent to an activating group) is 1. The van der Waals surface area contributed by atoms with E-state index in [4.69, 9.17) is 47.8 Å². The van der Waals surface area contributed by atoms with Crippen LogP contribution in [-0.4, -0.2) is 167 Å². The Morgan fingerprint density at radius 1 is 0.587 bits per heavy atom. The number of benzene rings is 5. The fraction of sp³-hybridized carbons (Fsp3) is 0.452. The zero-order valence-corrected chi connectivity index (χ0v) is 57.0. The Kier molecular flexibility index (Phi) is 28.7. The number of aromatic amines is 2. The number of hydrogen-bond acceptors (Lipinski definition) is 20. The number of quaternary nitrogens is 1. The number of morpholine rings is 2. The number of hydrogen-bond donors (Lipinski definition) is 9. The molecule has 10 N–H and O–H groups in total. The normalized spacial score (nSPS) is 19.7. The molecule has 42 heteroatoms. The van der Waals surface area contributed by atoms with Gasteiger partial charge < -0.3 is 54.7 Å². The maximum Gasteiger partial charge on any atom is 0.459 e. The van der Waals surface area contributed by atoms with Gasteiger partial charge in [-0.2, -0.15) is 52.7 Å². The van der Waals surface area contributed by atoms with Gasteiger partial charge in [0.05, 0.1) is 93.1 Å². The van der Waals surface area contributed by atoms with E-state index in [9.17, 15) is 95.3 Å². The van der Waals surface area contributed by atoms with Crippen molar-refractivity contribution < 1.29 is 139 Å². The minimum Gasteiger partial charge on any atom is -0.394 e. The Bertz CT molecular complexity index is 4060. The van der Waals surface area contributed by atoms with Crippen molar-refractivity contribution in [3.05, 3.63) is 210 Å². The lowest BCUT2D eigenvalue weighted by molar-refractivity contribution is -0.635. The van der Waals surface area contributed by atoms with Gasteiger partial charge in [0.15, 0.2) is 12.6 Å². The maximum atomic E-state index is 13.9. The molecule has 0 aliphatic carbocycles. The first-order chi connectivity index (χ1) is 48.6. The molecular weight excluding hydrogens is 1470 g/mol. The van der Waals surface area contributed by atoms with E-state index >= 15 is 0 Å². The molecule has 1 unspecified atom stereocenters. The van der Waals surface area contributed by atoms with E-state index in [1.54, 1.807) is 52.5 Å². The number of H-pyrrole nitrogens is 2. The van der Waals surface area contributed by atoms with Crippen LogP contribution in [0.5, 0.6) is 0 Å². The largest absolute Gasteiger partial charge is 0.459 e. The van der Waals surface area contributed by atoms with Crippen LogP contribution in [0.25, 0.3) is 0 Å². The first-order valence-electron chi connectivity index (χ1n) is 30.9. The molecule has 26 nitrogen and oxygen atoms in total. The number of ether oxygens (including phenoxy) is 4. The predicted molar refractivity (Wildman–Crippen MR) is 333 cm³/mol. The summed E-state index contributed by atoms with van der Waals surface area (Å²) in [6.45, 7) is 1.72. The van der Waals surface area contributed by atoms with Crippen molar-refractivity contribution in [1.82, 2.24) is 38.9 Å². The third-order valence-corrected chi connectivity index (χ3v) is 18.7. The predicted octanol–water partition coefficient (Wildman–Crippen LogP) is 7.88. The van der Waals surface area contributed by atoms with E-state index in [-0.39, 0.29) is 80.8 Å². The van der Waals surface area contributed by atoms with Crippen LogP contribution < -0.4 is 16.7 Å². The topological polar surface area (TPSA) is 345 Å². The maximum absolute atomic E-state index is 13.9. The van der Waals surface area contributed by atoms with E-state index in [1.165, 1.54) is 38.1 Å². The number of nitrogens with one attached hydrogen (secondary N) is 2. The molecule has 0 radical (unpaired) electrons. The van der Waals surface area contributed by atoms with Gasteiger partial charge in [0, 0.05) is 27.3 Å². The number of nitrogens with two attached hydrogens (primary N) is 1. The van der Waals surface area contributed by atoms with Gasteiger partial charge in [0.1, 0.15) is 54.2 Å². The Balaban J connectivity index is 0.000000249. The van der Waals surface area contributed by atoms with Crippen molar-refractivity contribution in [3.63, 3.8) is 0 Å². The lowest BCUT2D eigenvalue weighted by atomic mass is 10.0. The molecule has 2 aromatic heterocycles. The second-order valence-corrected chi connectivity index (χ2v) is 26.9. The van der Waals surface area contributed by atoms with Crippen molar-refractivity contribution in [1.29, 1.82) is 0 Å². The molecule has 9 rings (SSSR count). The van der Waals surface area contributed by atoms with Gasteiger partial charge in [-0.25, -0.2) is 27.5 Å². The molecule has 104 heavy (non-hydrogen) atoms. The lowest BCUT2D eigenvalue weighted by Crippen LogP contribution is -2.83. The molecule has 5 aromatic carbocycles. The molecular formula is C62H72F14N9O17P2+. The monoisotopic (exact) mass is 1540 g/mol. The van der Waals surface area contributed by atoms with E-state index < -0.39 is 164 Å². The molecule has 2 aliphatic rings. The van der Waals surface area contributed by atoms with E-state index in [0.29, 0.717) is 45.4 Å². The average Bonchev–Trinajstić information content (AvgIpc) is 1.13. The summed E-state index contributed by atoms with van der Waals surface area (Å²) in [5, 5.41) is 54.5. The first kappa shape index (κ1) is 84.1. The molecule has 7 aromatic rings. The summed E-state index contributed by atoms with van der Waals surface area (Å²) in [6.07, 6.45) is -31.1. The number of aliphatic hydroxyl groups excluding tert-OH is 5. The van der Waals surface area contributed by atoms with Crippen molar-refractivity contribution in [3.8, 4) is 0 Å². The van der Waals surface area contributed by atoms with Gasteiger partial charge in [-0.05, 0) is 102 Å². The van der Waals surface area contributed by atoms with Crippen molar-refractivity contribution in [2.75, 3.05) is 60.7 Å². The summed E-state index contributed by atoms with van der Waals surface area (Å²) in [4.78, 5) is 43.7. The van der Waals surface area contributed by atoms with E-state index in [1.807, 2.05) is 0 Å². The number of alkyl halides is 12. The second-order valence-electron chi connectivity index (χ2n) is 23.2. The Morgan fingerprint density at radius 3 is 1.33 bits per heavy atom. The van der Waals surface area contributed by atoms with Gasteiger partial charge in [-0.15, -0.1) is 19.1 Å². The standard InChI is InChI=1S/C30H28F7N4O6P.C25H26F7N4O6P.C7H17NO5/c1-18(21-13-22(29(32,33)34)15-23(14-21)30(35,36)37)47-27-26(20-7-9-24(31)10-8-20)40(11-12-45-27)16-25-38-28(42)41(39-25)48(43,44)46-17-19-5-3-2-4-6-19;1-14(16-10-17(24(27,28)29)12-18(11-16)25(30,31)32)42-22-21(15-4-6-19(26)7-5-15)35(8-9-41-22)13-20-33-23(37)36(34-20)43(38,39-2)40-3;1-8-2-4(10)6(12)7(13)5(11)3-9/h2-10,13-15,18,26-27H,11-12,16-17H2,1H3,(H,43,44)(H,38,39,42);4-7,10-12,14,21-22H,8-9,13H2,1-3H3,(H,33,34,37);4-13H,2-3H2,1H3/p+1/t18-,26+,27-;14-,21+,22-;4-,5+,6+,7+/m110/s1. The molecule has 2 fully saturated rings. The molecule has 574 valence electrons. The minimum atomic E-state index is -5.07. The van der Waals surface area contributed by atoms with Crippen LogP contribution in [-0.2, 0) is 86.1 Å². The quantitative estimate of drug-likeness (QED) is 0.0194. The van der Waals surface area contributed by atoms with E-state index in [0.717, 1.165) is 38.5 Å². The summed E-state index contributed by atoms with van der Waals surface area (Å²) in [7, 11) is -5.04. The summed E-state index contributed by atoms with van der Waals surface area (Å²) in [5.74, 6) is -1.24. The SMILES string of the molecule is COP(=O)(OC)n1nc(CN2CCO[C@H](O[C@H](C)c3cc(C(F)(F)F)cc(C(F)(F)F)c3)[C@@H]2c2ccc(F)cc2)[nH]c1=O.C[C@@H](O[C@H]1OCCN(Cc2nn(P(=O)(O)OCc3ccccc3)c(=O)[nH]2)[C@H]1c1ccc(F)cc1)c1cc(C(F)(F)F)cc(C(F)(F)F)c1.C[NH2+]C[C@H](O)[C@@H](O)[C@H](O)[C@H](O)CO. The van der Waals surface area contributed by atoms with Gasteiger partial charge in [0.25, 0.3) is 0 Å². The number of aliphatic hydroxyl groups is 5. The van der Waals surface area contributed by atoms with Crippen LogP contribution in [0, 0.1) is 11.6 Å². The van der Waals surface area contributed by atoms with E-state index in [2.05, 4.69) is 20.2 Å². The number of nitrogens with zero attached hydrogens (tertiary/aromatic N) is 6. The fourth-order valence-electron chi connectivity index (χ4n) is 10.5. The van der Waals surface area contributed by atoms with Crippen LogP contribution in [0.15, 0.2) is 125 Å². The second kappa shape index (κ2) is 35.5. The number of halogens is 14. The summed E-state index contributed by atoms with van der Waals surface area (Å²) < 4.78 is 254. The molecule has 2 saturated heterocycles. The zero-order chi connectivity index (χ0) is 77.0. The van der Waals surface area contributed by atoms with Crippen LogP contribution in [0.3, 0.4) is 0 Å². The highest BCUT2D eigenvalue weighted by atomic mass is 31.2. The number of aromatic nitrogens is 6. The van der Waals surface area contributed by atoms with Crippen molar-refractivity contribution >= 4 is 15.5 Å². The van der Waals surface area contributed by atoms with Crippen LogP contribution in [0.1, 0.15) is 99.9 Å². The molecule has 0 bridgehead atoms. The van der Waals surface area contributed by atoms with Gasteiger partial charge in [0.2, 0.25) is 0 Å². The molecule has 0 amide bonds. The lowest BCUT2D eigenvalue weighted by Gasteiger charge is -2.41.